The fraction of sp³-hybridized carbons (Fsp3) is 0.500. The highest BCUT2D eigenvalue weighted by Gasteiger charge is 2.36. The normalized spacial score (nSPS) is 20.2. The summed E-state index contributed by atoms with van der Waals surface area (Å²) >= 11 is 0. The van der Waals surface area contributed by atoms with Crippen LogP contribution in [0.5, 0.6) is 0 Å². The number of aromatic nitrogens is 4. The monoisotopic (exact) mass is 446 g/mol. The first-order chi connectivity index (χ1) is 15.4. The van der Waals surface area contributed by atoms with Crippen LogP contribution in [0.15, 0.2) is 29.5 Å². The van der Waals surface area contributed by atoms with Gasteiger partial charge in [-0.15, -0.1) is 0 Å². The minimum Gasteiger partial charge on any atom is -0.356 e. The van der Waals surface area contributed by atoms with Gasteiger partial charge in [-0.3, -0.25) is 4.79 Å². The first kappa shape index (κ1) is 21.0. The molecule has 1 aliphatic heterocycles. The molecular weight excluding hydrogens is 421 g/mol. The second-order valence-electron chi connectivity index (χ2n) is 8.60. The number of H-pyrrole nitrogens is 1. The number of nitrogens with one attached hydrogen (secondary N) is 3. The first-order valence-electron chi connectivity index (χ1n) is 11.1. The predicted molar refractivity (Wildman–Crippen MR) is 116 cm³/mol. The number of halogens is 3. The number of hydrogen-bond acceptors (Lipinski definition) is 5. The second-order valence-corrected chi connectivity index (χ2v) is 8.60. The van der Waals surface area contributed by atoms with Gasteiger partial charge in [0, 0.05) is 48.2 Å². The molecule has 1 atom stereocenters. The predicted octanol–water partition coefficient (Wildman–Crippen LogP) is 4.08. The third kappa shape index (κ3) is 3.87. The Bertz CT molecular complexity index is 1170. The second kappa shape index (κ2) is 8.23. The molecule has 3 aromatic heterocycles. The number of aromatic amines is 1. The maximum absolute atomic E-state index is 13.8. The number of fused-ring (bicyclic) bond motifs is 1. The molecule has 2 fully saturated rings. The van der Waals surface area contributed by atoms with Gasteiger partial charge in [-0.2, -0.15) is 13.2 Å². The molecule has 0 spiro atoms. The molecule has 0 radical (unpaired) electrons. The zero-order valence-electron chi connectivity index (χ0n) is 17.5. The number of pyridine rings is 1. The molecule has 170 valence electrons. The van der Waals surface area contributed by atoms with Gasteiger partial charge >= 0.3 is 6.18 Å². The Morgan fingerprint density at radius 2 is 1.97 bits per heavy atom. The van der Waals surface area contributed by atoms with Gasteiger partial charge in [0.05, 0.1) is 5.69 Å². The minimum atomic E-state index is -4.62. The third-order valence-corrected chi connectivity index (χ3v) is 6.47. The van der Waals surface area contributed by atoms with E-state index in [1.54, 1.807) is 16.8 Å². The highest BCUT2D eigenvalue weighted by atomic mass is 19.4. The topological polar surface area (TPSA) is 87.6 Å². The van der Waals surface area contributed by atoms with E-state index < -0.39 is 11.7 Å². The lowest BCUT2D eigenvalue weighted by atomic mass is 10.1. The van der Waals surface area contributed by atoms with E-state index in [0.717, 1.165) is 51.3 Å². The summed E-state index contributed by atoms with van der Waals surface area (Å²) in [5.74, 6) is 0.148. The zero-order chi connectivity index (χ0) is 22.3. The Labute approximate surface area is 182 Å². The van der Waals surface area contributed by atoms with Crippen molar-refractivity contribution in [3.63, 3.8) is 0 Å². The van der Waals surface area contributed by atoms with Crippen LogP contribution in [0.3, 0.4) is 0 Å². The Hall–Kier alpha value is -2.88. The van der Waals surface area contributed by atoms with Gasteiger partial charge in [-0.25, -0.2) is 9.97 Å². The van der Waals surface area contributed by atoms with Crippen molar-refractivity contribution in [3.05, 3.63) is 40.6 Å². The quantitative estimate of drug-likeness (QED) is 0.562. The minimum absolute atomic E-state index is 0.0509. The standard InChI is InChI=1S/C22H25F3N6O/c23-22(24,25)17-12-28-21(29-13-4-3-8-26-10-13)30-18(17)16-11-27-19-15(16)7-9-31(20(19)32)14-5-1-2-6-14/h7,9,11-14,26-27H,1-6,8,10H2,(H,28,29,30). The number of nitrogens with zero attached hydrogens (tertiary/aromatic N) is 3. The fourth-order valence-corrected chi connectivity index (χ4v) is 4.82. The van der Waals surface area contributed by atoms with E-state index >= 15 is 0 Å². The Morgan fingerprint density at radius 1 is 1.16 bits per heavy atom. The molecule has 3 N–H and O–H groups in total. The van der Waals surface area contributed by atoms with Crippen LogP contribution in [0.2, 0.25) is 0 Å². The van der Waals surface area contributed by atoms with Gasteiger partial charge < -0.3 is 20.2 Å². The number of hydrogen-bond donors (Lipinski definition) is 3. The average molecular weight is 446 g/mol. The van der Waals surface area contributed by atoms with E-state index in [1.165, 1.54) is 6.20 Å². The molecule has 32 heavy (non-hydrogen) atoms. The van der Waals surface area contributed by atoms with Crippen LogP contribution in [-0.4, -0.2) is 38.7 Å². The maximum Gasteiger partial charge on any atom is 0.419 e. The SMILES string of the molecule is O=c1c2[nH]cc(-c3nc(NC4CCCNC4)ncc3C(F)(F)F)c2ccn1C1CCCC1. The van der Waals surface area contributed by atoms with Crippen molar-refractivity contribution in [2.45, 2.75) is 56.8 Å². The summed E-state index contributed by atoms with van der Waals surface area (Å²) in [6, 6.07) is 1.90. The fourth-order valence-electron chi connectivity index (χ4n) is 4.82. The van der Waals surface area contributed by atoms with E-state index in [1.807, 2.05) is 0 Å². The molecule has 1 saturated carbocycles. The Balaban J connectivity index is 1.58. The van der Waals surface area contributed by atoms with E-state index in [2.05, 4.69) is 25.6 Å². The molecule has 0 bridgehead atoms. The molecule has 7 nitrogen and oxygen atoms in total. The summed E-state index contributed by atoms with van der Waals surface area (Å²) in [4.78, 5) is 24.1. The molecule has 2 aliphatic rings. The van der Waals surface area contributed by atoms with Crippen molar-refractivity contribution in [3.8, 4) is 11.3 Å². The van der Waals surface area contributed by atoms with Crippen molar-refractivity contribution in [2.75, 3.05) is 18.4 Å². The lowest BCUT2D eigenvalue weighted by Crippen LogP contribution is -2.38. The highest BCUT2D eigenvalue weighted by molar-refractivity contribution is 5.95. The summed E-state index contributed by atoms with van der Waals surface area (Å²) in [5, 5.41) is 6.82. The van der Waals surface area contributed by atoms with Crippen molar-refractivity contribution in [1.82, 2.24) is 24.8 Å². The summed E-state index contributed by atoms with van der Waals surface area (Å²) < 4.78 is 43.1. The summed E-state index contributed by atoms with van der Waals surface area (Å²) in [6.07, 6.45) is 5.22. The molecule has 10 heteroatoms. The molecule has 5 rings (SSSR count). The maximum atomic E-state index is 13.8. The molecule has 1 unspecified atom stereocenters. The van der Waals surface area contributed by atoms with Gasteiger partial charge in [-0.1, -0.05) is 12.8 Å². The molecule has 1 saturated heterocycles. The average Bonchev–Trinajstić information content (AvgIpc) is 3.44. The van der Waals surface area contributed by atoms with Gasteiger partial charge in [0.2, 0.25) is 5.95 Å². The van der Waals surface area contributed by atoms with E-state index in [0.29, 0.717) is 17.4 Å². The number of rotatable bonds is 4. The van der Waals surface area contributed by atoms with Crippen LogP contribution >= 0.6 is 0 Å². The lowest BCUT2D eigenvalue weighted by molar-refractivity contribution is -0.137. The van der Waals surface area contributed by atoms with Gasteiger partial charge in [0.15, 0.2) is 0 Å². The first-order valence-corrected chi connectivity index (χ1v) is 11.1. The molecule has 0 amide bonds. The highest BCUT2D eigenvalue weighted by Crippen LogP contribution is 2.38. The Kier molecular flexibility index (Phi) is 5.40. The van der Waals surface area contributed by atoms with Crippen LogP contribution in [0.1, 0.15) is 50.1 Å². The van der Waals surface area contributed by atoms with Crippen molar-refractivity contribution < 1.29 is 13.2 Å². The zero-order valence-corrected chi connectivity index (χ0v) is 17.5. The molecular formula is C22H25F3N6O. The van der Waals surface area contributed by atoms with Crippen LogP contribution in [-0.2, 0) is 6.18 Å². The summed E-state index contributed by atoms with van der Waals surface area (Å²) in [6.45, 7) is 1.62. The van der Waals surface area contributed by atoms with Crippen molar-refractivity contribution >= 4 is 16.9 Å². The number of piperidine rings is 1. The summed E-state index contributed by atoms with van der Waals surface area (Å²) in [5.41, 5.74) is -0.828. The number of anilines is 1. The van der Waals surface area contributed by atoms with E-state index in [-0.39, 0.29) is 34.8 Å². The van der Waals surface area contributed by atoms with Gasteiger partial charge in [0.25, 0.3) is 5.56 Å². The number of alkyl halides is 3. The molecule has 3 aromatic rings. The largest absolute Gasteiger partial charge is 0.419 e. The van der Waals surface area contributed by atoms with Crippen molar-refractivity contribution in [1.29, 1.82) is 0 Å². The van der Waals surface area contributed by atoms with Crippen LogP contribution < -0.4 is 16.2 Å². The smallest absolute Gasteiger partial charge is 0.356 e. The van der Waals surface area contributed by atoms with Crippen LogP contribution in [0, 0.1) is 0 Å². The van der Waals surface area contributed by atoms with Gasteiger partial charge in [-0.05, 0) is 38.3 Å². The lowest BCUT2D eigenvalue weighted by Gasteiger charge is -2.24. The molecule has 0 aromatic carbocycles. The third-order valence-electron chi connectivity index (χ3n) is 6.47. The summed E-state index contributed by atoms with van der Waals surface area (Å²) in [7, 11) is 0. The van der Waals surface area contributed by atoms with Crippen LogP contribution in [0.25, 0.3) is 22.2 Å². The van der Waals surface area contributed by atoms with Crippen molar-refractivity contribution in [2.24, 2.45) is 0 Å². The van der Waals surface area contributed by atoms with Crippen LogP contribution in [0.4, 0.5) is 19.1 Å². The molecule has 1 aliphatic carbocycles. The Morgan fingerprint density at radius 3 is 2.69 bits per heavy atom. The molecule has 4 heterocycles. The van der Waals surface area contributed by atoms with E-state index in [9.17, 15) is 18.0 Å². The van der Waals surface area contributed by atoms with E-state index in [4.69, 9.17) is 0 Å². The van der Waals surface area contributed by atoms with Gasteiger partial charge in [0.1, 0.15) is 11.1 Å².